The molecule has 0 atom stereocenters. The van der Waals surface area contributed by atoms with Crippen molar-refractivity contribution >= 4 is 28.0 Å². The molecule has 3 aromatic rings. The topological polar surface area (TPSA) is 86.0 Å². The second kappa shape index (κ2) is 4.38. The molecule has 0 bridgehead atoms. The van der Waals surface area contributed by atoms with E-state index in [1.54, 1.807) is 6.33 Å². The van der Waals surface area contributed by atoms with E-state index in [0.717, 1.165) is 54.0 Å². The monoisotopic (exact) mass is 311 g/mol. The second-order valence-corrected chi connectivity index (χ2v) is 6.83. The number of rotatable bonds is 2. The minimum atomic E-state index is 0.414. The van der Waals surface area contributed by atoms with Crippen molar-refractivity contribution in [2.24, 2.45) is 5.41 Å². The highest BCUT2D eigenvalue weighted by Crippen LogP contribution is 2.48. The predicted octanol–water partition coefficient (Wildman–Crippen LogP) is 2.37. The number of furan rings is 1. The highest BCUT2D eigenvalue weighted by atomic mass is 16.5. The van der Waals surface area contributed by atoms with Crippen molar-refractivity contribution in [3.05, 3.63) is 17.6 Å². The molecule has 1 saturated carbocycles. The van der Waals surface area contributed by atoms with Gasteiger partial charge in [-0.3, -0.25) is 0 Å². The van der Waals surface area contributed by atoms with Gasteiger partial charge in [0.2, 0.25) is 5.71 Å². The molecule has 7 nitrogen and oxygen atoms in total. The molecule has 23 heavy (non-hydrogen) atoms. The lowest BCUT2D eigenvalue weighted by molar-refractivity contribution is -0.159. The van der Waals surface area contributed by atoms with Crippen LogP contribution in [0.2, 0.25) is 0 Å². The number of aryl methyl sites for hydroxylation is 2. The summed E-state index contributed by atoms with van der Waals surface area (Å²) >= 11 is 0. The van der Waals surface area contributed by atoms with Gasteiger partial charge in [-0.15, -0.1) is 5.10 Å². The Morgan fingerprint density at radius 3 is 2.74 bits per heavy atom. The van der Waals surface area contributed by atoms with E-state index in [1.165, 1.54) is 0 Å². The number of ether oxygens (including phenoxy) is 1. The summed E-state index contributed by atoms with van der Waals surface area (Å²) in [6, 6.07) is 0.416. The molecule has 2 fully saturated rings. The molecule has 4 heterocycles. The van der Waals surface area contributed by atoms with Crippen molar-refractivity contribution in [2.45, 2.75) is 32.7 Å². The van der Waals surface area contributed by atoms with Crippen LogP contribution >= 0.6 is 0 Å². The Bertz CT molecular complexity index is 923. The van der Waals surface area contributed by atoms with Crippen molar-refractivity contribution in [3.8, 4) is 0 Å². The molecule has 5 rings (SSSR count). The summed E-state index contributed by atoms with van der Waals surface area (Å²) in [6.45, 7) is 5.74. The molecule has 0 aromatic carbocycles. The third kappa shape index (κ3) is 1.80. The fraction of sp³-hybridized carbons (Fsp3) is 0.500. The van der Waals surface area contributed by atoms with Crippen LogP contribution in [0.25, 0.3) is 22.2 Å². The molecule has 118 valence electrons. The lowest BCUT2D eigenvalue weighted by atomic mass is 9.64. The van der Waals surface area contributed by atoms with E-state index >= 15 is 0 Å². The molecule has 1 saturated heterocycles. The zero-order valence-corrected chi connectivity index (χ0v) is 13.1. The van der Waals surface area contributed by atoms with Crippen LogP contribution in [0, 0.1) is 19.3 Å². The van der Waals surface area contributed by atoms with Gasteiger partial charge >= 0.3 is 0 Å². The molecule has 0 radical (unpaired) electrons. The van der Waals surface area contributed by atoms with Gasteiger partial charge in [-0.05, 0) is 32.3 Å². The summed E-state index contributed by atoms with van der Waals surface area (Å²) < 4.78 is 11.2. The largest absolute Gasteiger partial charge is 0.431 e. The van der Waals surface area contributed by atoms with Crippen LogP contribution in [0.3, 0.4) is 0 Å². The van der Waals surface area contributed by atoms with Crippen molar-refractivity contribution in [2.75, 3.05) is 18.5 Å². The molecule has 0 unspecified atom stereocenters. The molecule has 1 aliphatic heterocycles. The number of hydrogen-bond donors (Lipinski definition) is 1. The van der Waals surface area contributed by atoms with Crippen LogP contribution in [0.5, 0.6) is 0 Å². The first kappa shape index (κ1) is 13.2. The van der Waals surface area contributed by atoms with Crippen LogP contribution in [0.15, 0.2) is 10.7 Å². The van der Waals surface area contributed by atoms with Crippen LogP contribution in [0.4, 0.5) is 5.82 Å². The maximum Gasteiger partial charge on any atom is 0.249 e. The van der Waals surface area contributed by atoms with Crippen LogP contribution < -0.4 is 5.32 Å². The lowest BCUT2D eigenvalue weighted by Gasteiger charge is -2.53. The summed E-state index contributed by atoms with van der Waals surface area (Å²) in [5.74, 6) is 0.741. The molecular formula is C16H17N5O2. The van der Waals surface area contributed by atoms with Gasteiger partial charge < -0.3 is 14.5 Å². The molecular weight excluding hydrogens is 294 g/mol. The Hall–Kier alpha value is -2.28. The number of nitrogens with zero attached hydrogens (tertiary/aromatic N) is 4. The van der Waals surface area contributed by atoms with Crippen molar-refractivity contribution < 1.29 is 9.15 Å². The minimum absolute atomic E-state index is 0.414. The SMILES string of the molecule is Cc1nnc2oc3c(NC4CC5(COC5)C4)ncnc3c2c1C. The lowest BCUT2D eigenvalue weighted by Crippen LogP contribution is -2.56. The van der Waals surface area contributed by atoms with Gasteiger partial charge in [0, 0.05) is 11.5 Å². The van der Waals surface area contributed by atoms with E-state index in [-0.39, 0.29) is 0 Å². The van der Waals surface area contributed by atoms with E-state index < -0.39 is 0 Å². The van der Waals surface area contributed by atoms with Crippen LogP contribution in [-0.2, 0) is 4.74 Å². The van der Waals surface area contributed by atoms with Gasteiger partial charge in [-0.1, -0.05) is 0 Å². The Kier molecular flexibility index (Phi) is 2.51. The average Bonchev–Trinajstić information content (AvgIpc) is 2.84. The number of hydrogen-bond acceptors (Lipinski definition) is 7. The summed E-state index contributed by atoms with van der Waals surface area (Å²) in [4.78, 5) is 8.78. The Morgan fingerprint density at radius 1 is 1.17 bits per heavy atom. The first-order chi connectivity index (χ1) is 11.2. The number of fused-ring (bicyclic) bond motifs is 3. The number of aromatic nitrogens is 4. The fourth-order valence-corrected chi connectivity index (χ4v) is 3.69. The molecule has 0 amide bonds. The van der Waals surface area contributed by atoms with Crippen molar-refractivity contribution in [3.63, 3.8) is 0 Å². The molecule has 1 aliphatic carbocycles. The predicted molar refractivity (Wildman–Crippen MR) is 84.3 cm³/mol. The van der Waals surface area contributed by atoms with Gasteiger partial charge in [0.05, 0.1) is 24.3 Å². The maximum atomic E-state index is 5.90. The first-order valence-electron chi connectivity index (χ1n) is 7.87. The van der Waals surface area contributed by atoms with Gasteiger partial charge in [-0.2, -0.15) is 5.10 Å². The Morgan fingerprint density at radius 2 is 2.00 bits per heavy atom. The standard InChI is InChI=1S/C16H17N5O2/c1-8-9(2)20-21-15-11(8)12-13(23-15)14(18-7-17-12)19-10-3-16(4-10)5-22-6-16/h7,10H,3-6H2,1-2H3,(H,17,18,19). The van der Waals surface area contributed by atoms with Crippen molar-refractivity contribution in [1.82, 2.24) is 20.2 Å². The Labute approximate surface area is 132 Å². The summed E-state index contributed by atoms with van der Waals surface area (Å²) in [5.41, 5.74) is 4.33. The molecule has 1 spiro atoms. The number of anilines is 1. The van der Waals surface area contributed by atoms with Crippen molar-refractivity contribution in [1.29, 1.82) is 0 Å². The van der Waals surface area contributed by atoms with Gasteiger partial charge in [0.15, 0.2) is 11.4 Å². The van der Waals surface area contributed by atoms with E-state index in [1.807, 2.05) is 13.8 Å². The highest BCUT2D eigenvalue weighted by molar-refractivity contribution is 6.05. The minimum Gasteiger partial charge on any atom is -0.431 e. The zero-order chi connectivity index (χ0) is 15.6. The molecule has 3 aromatic heterocycles. The van der Waals surface area contributed by atoms with E-state index in [2.05, 4.69) is 25.5 Å². The van der Waals surface area contributed by atoms with E-state index in [9.17, 15) is 0 Å². The quantitative estimate of drug-likeness (QED) is 0.777. The molecule has 1 N–H and O–H groups in total. The zero-order valence-electron chi connectivity index (χ0n) is 13.1. The smallest absolute Gasteiger partial charge is 0.249 e. The maximum absolute atomic E-state index is 5.90. The average molecular weight is 311 g/mol. The van der Waals surface area contributed by atoms with E-state index in [0.29, 0.717) is 22.8 Å². The van der Waals surface area contributed by atoms with Gasteiger partial charge in [0.25, 0.3) is 0 Å². The summed E-state index contributed by atoms with van der Waals surface area (Å²) in [5, 5.41) is 12.7. The Balaban J connectivity index is 1.55. The van der Waals surface area contributed by atoms with E-state index in [4.69, 9.17) is 9.15 Å². The highest BCUT2D eigenvalue weighted by Gasteiger charge is 2.50. The summed E-state index contributed by atoms with van der Waals surface area (Å²) in [7, 11) is 0. The number of nitrogens with one attached hydrogen (secondary N) is 1. The fourth-order valence-electron chi connectivity index (χ4n) is 3.69. The normalized spacial score (nSPS) is 19.9. The molecule has 7 heteroatoms. The van der Waals surface area contributed by atoms with Crippen LogP contribution in [0.1, 0.15) is 24.1 Å². The first-order valence-corrected chi connectivity index (χ1v) is 7.87. The van der Waals surface area contributed by atoms with Gasteiger partial charge in [0.1, 0.15) is 11.8 Å². The van der Waals surface area contributed by atoms with Crippen LogP contribution in [-0.4, -0.2) is 39.4 Å². The van der Waals surface area contributed by atoms with Gasteiger partial charge in [-0.25, -0.2) is 9.97 Å². The third-order valence-corrected chi connectivity index (χ3v) is 5.18. The second-order valence-electron chi connectivity index (χ2n) is 6.83. The third-order valence-electron chi connectivity index (χ3n) is 5.18. The molecule has 2 aliphatic rings. The summed E-state index contributed by atoms with van der Waals surface area (Å²) in [6.07, 6.45) is 3.82.